The number of imidazole rings is 1. The van der Waals surface area contributed by atoms with Crippen LogP contribution in [-0.4, -0.2) is 28.3 Å². The van der Waals surface area contributed by atoms with Crippen LogP contribution in [0.15, 0.2) is 41.2 Å². The molecule has 0 fully saturated rings. The standard InChI is InChI=1S/C20H20ClN3O4/c1-2-23-15-5-3-4-6-16(15)24(20(23)26)8-7-19(25)22-14-12-18-17(11-13(14)21)27-9-10-28-18/h3-6,11-12H,2,7-10H2,1H3,(H,22,25). The third-order valence-corrected chi connectivity index (χ3v) is 5.02. The van der Waals surface area contributed by atoms with Crippen molar-refractivity contribution in [1.29, 1.82) is 0 Å². The number of carbonyl (C=O) groups excluding carboxylic acids is 1. The molecule has 2 aromatic carbocycles. The Morgan fingerprint density at radius 1 is 1.11 bits per heavy atom. The van der Waals surface area contributed by atoms with E-state index in [1.165, 1.54) is 0 Å². The van der Waals surface area contributed by atoms with Crippen LogP contribution in [0.25, 0.3) is 11.0 Å². The predicted molar refractivity (Wildman–Crippen MR) is 108 cm³/mol. The summed E-state index contributed by atoms with van der Waals surface area (Å²) >= 11 is 6.24. The minimum absolute atomic E-state index is 0.117. The van der Waals surface area contributed by atoms with Crippen LogP contribution in [0.1, 0.15) is 13.3 Å². The Balaban J connectivity index is 1.51. The van der Waals surface area contributed by atoms with E-state index in [2.05, 4.69) is 5.32 Å². The molecule has 0 radical (unpaired) electrons. The van der Waals surface area contributed by atoms with Gasteiger partial charge < -0.3 is 14.8 Å². The molecule has 8 heteroatoms. The fraction of sp³-hybridized carbons (Fsp3) is 0.300. The summed E-state index contributed by atoms with van der Waals surface area (Å²) in [7, 11) is 0. The van der Waals surface area contributed by atoms with Gasteiger partial charge in [0.15, 0.2) is 11.5 Å². The Bertz CT molecular complexity index is 1100. The van der Waals surface area contributed by atoms with E-state index < -0.39 is 0 Å². The van der Waals surface area contributed by atoms with E-state index in [1.807, 2.05) is 31.2 Å². The number of benzene rings is 2. The van der Waals surface area contributed by atoms with Crippen molar-refractivity contribution in [2.45, 2.75) is 26.4 Å². The normalized spacial score (nSPS) is 12.9. The molecule has 28 heavy (non-hydrogen) atoms. The molecule has 0 unspecified atom stereocenters. The van der Waals surface area contributed by atoms with E-state index in [-0.39, 0.29) is 24.6 Å². The summed E-state index contributed by atoms with van der Waals surface area (Å²) in [6.45, 7) is 3.70. The number of halogens is 1. The molecule has 1 amide bonds. The van der Waals surface area contributed by atoms with E-state index in [0.29, 0.717) is 42.0 Å². The first-order valence-corrected chi connectivity index (χ1v) is 9.53. The molecule has 146 valence electrons. The van der Waals surface area contributed by atoms with Crippen LogP contribution in [0.3, 0.4) is 0 Å². The topological polar surface area (TPSA) is 74.5 Å². The highest BCUT2D eigenvalue weighted by molar-refractivity contribution is 6.34. The minimum Gasteiger partial charge on any atom is -0.486 e. The second-order valence-corrected chi connectivity index (χ2v) is 6.85. The average Bonchev–Trinajstić information content (AvgIpc) is 2.97. The molecule has 4 rings (SSSR count). The first kappa shape index (κ1) is 18.4. The highest BCUT2D eigenvalue weighted by Crippen LogP contribution is 2.38. The lowest BCUT2D eigenvalue weighted by atomic mass is 10.2. The molecular formula is C20H20ClN3O4. The number of nitrogens with zero attached hydrogens (tertiary/aromatic N) is 2. The third-order valence-electron chi connectivity index (χ3n) is 4.71. The summed E-state index contributed by atoms with van der Waals surface area (Å²) in [6, 6.07) is 10.9. The first-order chi connectivity index (χ1) is 13.6. The number of hydrogen-bond acceptors (Lipinski definition) is 4. The quantitative estimate of drug-likeness (QED) is 0.712. The van der Waals surface area contributed by atoms with Crippen LogP contribution >= 0.6 is 11.6 Å². The summed E-state index contributed by atoms with van der Waals surface area (Å²) in [5, 5.41) is 3.16. The van der Waals surface area contributed by atoms with Crippen LogP contribution < -0.4 is 20.5 Å². The van der Waals surface area contributed by atoms with Crippen molar-refractivity contribution in [3.63, 3.8) is 0 Å². The van der Waals surface area contributed by atoms with Crippen molar-refractivity contribution in [1.82, 2.24) is 9.13 Å². The Hall–Kier alpha value is -2.93. The highest BCUT2D eigenvalue weighted by Gasteiger charge is 2.17. The van der Waals surface area contributed by atoms with Crippen LogP contribution in [0.2, 0.25) is 5.02 Å². The Kier molecular flexibility index (Phi) is 5.00. The molecule has 1 N–H and O–H groups in total. The van der Waals surface area contributed by atoms with Crippen molar-refractivity contribution in [3.05, 3.63) is 51.9 Å². The van der Waals surface area contributed by atoms with Gasteiger partial charge in [0.05, 0.1) is 21.7 Å². The SMILES string of the molecule is CCn1c(=O)n(CCC(=O)Nc2cc3c(cc2Cl)OCCO3)c2ccccc21. The summed E-state index contributed by atoms with van der Waals surface area (Å²) in [6.07, 6.45) is 0.141. The van der Waals surface area contributed by atoms with E-state index in [0.717, 1.165) is 11.0 Å². The van der Waals surface area contributed by atoms with E-state index >= 15 is 0 Å². The van der Waals surface area contributed by atoms with Gasteiger partial charge in [0.25, 0.3) is 0 Å². The van der Waals surface area contributed by atoms with Crippen LogP contribution in [0.5, 0.6) is 11.5 Å². The zero-order valence-electron chi connectivity index (χ0n) is 15.4. The predicted octanol–water partition coefficient (Wildman–Crippen LogP) is 3.28. The van der Waals surface area contributed by atoms with Gasteiger partial charge in [-0.25, -0.2) is 4.79 Å². The van der Waals surface area contributed by atoms with Gasteiger partial charge in [0.1, 0.15) is 13.2 Å². The van der Waals surface area contributed by atoms with Gasteiger partial charge in [-0.2, -0.15) is 0 Å². The first-order valence-electron chi connectivity index (χ1n) is 9.15. The monoisotopic (exact) mass is 401 g/mol. The Morgan fingerprint density at radius 2 is 1.75 bits per heavy atom. The van der Waals surface area contributed by atoms with Gasteiger partial charge >= 0.3 is 5.69 Å². The fourth-order valence-corrected chi connectivity index (χ4v) is 3.58. The molecule has 0 aliphatic carbocycles. The van der Waals surface area contributed by atoms with Crippen LogP contribution in [0, 0.1) is 0 Å². The van der Waals surface area contributed by atoms with E-state index in [9.17, 15) is 9.59 Å². The summed E-state index contributed by atoms with van der Waals surface area (Å²) in [4.78, 5) is 25.1. The number of hydrogen-bond donors (Lipinski definition) is 1. The number of rotatable bonds is 5. The van der Waals surface area contributed by atoms with E-state index in [4.69, 9.17) is 21.1 Å². The van der Waals surface area contributed by atoms with Crippen LogP contribution in [0.4, 0.5) is 5.69 Å². The fourth-order valence-electron chi connectivity index (χ4n) is 3.38. The molecule has 1 aliphatic heterocycles. The van der Waals surface area contributed by atoms with Gasteiger partial charge in [0.2, 0.25) is 5.91 Å². The number of nitrogens with one attached hydrogen (secondary N) is 1. The third kappa shape index (κ3) is 3.33. The lowest BCUT2D eigenvalue weighted by Crippen LogP contribution is -2.25. The molecule has 2 heterocycles. The van der Waals surface area contributed by atoms with Gasteiger partial charge in [-0.3, -0.25) is 13.9 Å². The van der Waals surface area contributed by atoms with Gasteiger partial charge in [-0.1, -0.05) is 23.7 Å². The second-order valence-electron chi connectivity index (χ2n) is 6.44. The van der Waals surface area contributed by atoms with Gasteiger partial charge in [-0.05, 0) is 19.1 Å². The molecule has 1 aromatic heterocycles. The number of aryl methyl sites for hydroxylation is 2. The average molecular weight is 402 g/mol. The molecule has 1 aliphatic rings. The van der Waals surface area contributed by atoms with Crippen molar-refractivity contribution in [3.8, 4) is 11.5 Å². The molecule has 0 saturated heterocycles. The number of carbonyl (C=O) groups is 1. The van der Waals surface area contributed by atoms with E-state index in [1.54, 1.807) is 21.3 Å². The molecule has 0 spiro atoms. The molecule has 0 saturated carbocycles. The maximum atomic E-state index is 12.6. The minimum atomic E-state index is -0.237. The number of aromatic nitrogens is 2. The van der Waals surface area contributed by atoms with Crippen molar-refractivity contribution in [2.24, 2.45) is 0 Å². The summed E-state index contributed by atoms with van der Waals surface area (Å²) in [5.41, 5.74) is 2.03. The number of para-hydroxylation sites is 2. The van der Waals surface area contributed by atoms with Gasteiger partial charge in [-0.15, -0.1) is 0 Å². The zero-order valence-corrected chi connectivity index (χ0v) is 16.2. The molecule has 7 nitrogen and oxygen atoms in total. The molecular weight excluding hydrogens is 382 g/mol. The zero-order chi connectivity index (χ0) is 19.7. The number of amides is 1. The highest BCUT2D eigenvalue weighted by atomic mass is 35.5. The van der Waals surface area contributed by atoms with Crippen LogP contribution in [-0.2, 0) is 17.9 Å². The van der Waals surface area contributed by atoms with Crippen molar-refractivity contribution >= 4 is 34.2 Å². The van der Waals surface area contributed by atoms with Gasteiger partial charge in [0, 0.05) is 31.6 Å². The Morgan fingerprint density at radius 3 is 2.43 bits per heavy atom. The number of fused-ring (bicyclic) bond motifs is 2. The maximum absolute atomic E-state index is 12.6. The number of anilines is 1. The number of ether oxygens (including phenoxy) is 2. The van der Waals surface area contributed by atoms with Crippen molar-refractivity contribution in [2.75, 3.05) is 18.5 Å². The largest absolute Gasteiger partial charge is 0.486 e. The summed E-state index contributed by atoms with van der Waals surface area (Å²) < 4.78 is 14.3. The molecule has 3 aromatic rings. The lowest BCUT2D eigenvalue weighted by Gasteiger charge is -2.20. The second kappa shape index (κ2) is 7.59. The lowest BCUT2D eigenvalue weighted by molar-refractivity contribution is -0.116. The summed E-state index contributed by atoms with van der Waals surface area (Å²) in [5.74, 6) is 0.875. The molecule has 0 atom stereocenters. The van der Waals surface area contributed by atoms with Crippen molar-refractivity contribution < 1.29 is 14.3 Å². The Labute approximate surface area is 166 Å². The maximum Gasteiger partial charge on any atom is 0.329 e. The smallest absolute Gasteiger partial charge is 0.329 e. The molecule has 0 bridgehead atoms.